The number of hydrogen-bond acceptors (Lipinski definition) is 4. The van der Waals surface area contributed by atoms with Crippen LogP contribution in [0.2, 0.25) is 0 Å². The number of imidazole rings is 1. The van der Waals surface area contributed by atoms with Crippen molar-refractivity contribution in [1.29, 1.82) is 0 Å². The molecular formula is C18H17ClN4O. The molecule has 0 aliphatic heterocycles. The number of benzene rings is 1. The van der Waals surface area contributed by atoms with Gasteiger partial charge < -0.3 is 14.6 Å². The lowest BCUT2D eigenvalue weighted by Crippen LogP contribution is -1.94. The van der Waals surface area contributed by atoms with Crippen LogP contribution >= 0.6 is 11.6 Å². The highest BCUT2D eigenvalue weighted by Gasteiger charge is 2.10. The predicted octanol–water partition coefficient (Wildman–Crippen LogP) is 3.89. The highest BCUT2D eigenvalue weighted by Crippen LogP contribution is 2.20. The standard InChI is InChI=1S/C18H17ClN4O/c1-11-14(21-17-9-13(10-19)6-7-23(11)17)4-2-12-3-5-15-16(8-12)24-18(20)22-15/h3,5-9H,2,4,10H2,1H3,(H2,20,22). The molecule has 0 amide bonds. The summed E-state index contributed by atoms with van der Waals surface area (Å²) in [5.74, 6) is 0.498. The van der Waals surface area contributed by atoms with E-state index < -0.39 is 0 Å². The van der Waals surface area contributed by atoms with Gasteiger partial charge >= 0.3 is 0 Å². The Hall–Kier alpha value is -2.53. The van der Waals surface area contributed by atoms with Crippen LogP contribution in [0.5, 0.6) is 0 Å². The maximum Gasteiger partial charge on any atom is 0.292 e. The highest BCUT2D eigenvalue weighted by molar-refractivity contribution is 6.17. The molecular weight excluding hydrogens is 324 g/mol. The normalized spacial score (nSPS) is 11.6. The van der Waals surface area contributed by atoms with Crippen molar-refractivity contribution in [2.24, 2.45) is 0 Å². The second-order valence-corrected chi connectivity index (χ2v) is 6.16. The van der Waals surface area contributed by atoms with Gasteiger partial charge in [0.2, 0.25) is 0 Å². The number of nitrogen functional groups attached to an aromatic ring is 1. The first-order chi connectivity index (χ1) is 11.6. The van der Waals surface area contributed by atoms with Crippen LogP contribution in [-0.4, -0.2) is 14.4 Å². The summed E-state index contributed by atoms with van der Waals surface area (Å²) in [5, 5.41) is 0. The van der Waals surface area contributed by atoms with Crippen molar-refractivity contribution in [1.82, 2.24) is 14.4 Å². The fraction of sp³-hybridized carbons (Fsp3) is 0.222. The van der Waals surface area contributed by atoms with E-state index in [4.69, 9.17) is 26.7 Å². The summed E-state index contributed by atoms with van der Waals surface area (Å²) in [6.07, 6.45) is 3.77. The molecule has 0 aliphatic carbocycles. The highest BCUT2D eigenvalue weighted by atomic mass is 35.5. The molecule has 6 heteroatoms. The molecule has 3 heterocycles. The minimum Gasteiger partial charge on any atom is -0.424 e. The molecule has 1 aromatic carbocycles. The van der Waals surface area contributed by atoms with Crippen LogP contribution in [0.15, 0.2) is 40.9 Å². The average molecular weight is 341 g/mol. The van der Waals surface area contributed by atoms with Gasteiger partial charge in [0.1, 0.15) is 11.2 Å². The molecule has 122 valence electrons. The molecule has 0 bridgehead atoms. The smallest absolute Gasteiger partial charge is 0.292 e. The number of halogens is 1. The third-order valence-corrected chi connectivity index (χ3v) is 4.61. The SMILES string of the molecule is Cc1c(CCc2ccc3nc(N)oc3c2)nc2cc(CCl)ccn12. The van der Waals surface area contributed by atoms with E-state index in [0.717, 1.165) is 46.5 Å². The molecule has 0 spiro atoms. The number of alkyl halides is 1. The van der Waals surface area contributed by atoms with Crippen molar-refractivity contribution < 1.29 is 4.42 Å². The van der Waals surface area contributed by atoms with E-state index >= 15 is 0 Å². The Morgan fingerprint density at radius 2 is 2.00 bits per heavy atom. The van der Waals surface area contributed by atoms with E-state index in [0.29, 0.717) is 5.88 Å². The van der Waals surface area contributed by atoms with Crippen LogP contribution in [0.1, 0.15) is 22.5 Å². The van der Waals surface area contributed by atoms with E-state index in [1.165, 1.54) is 5.56 Å². The number of nitrogens with two attached hydrogens (primary N) is 1. The van der Waals surface area contributed by atoms with Gasteiger partial charge in [0.15, 0.2) is 5.58 Å². The third kappa shape index (κ3) is 2.61. The quantitative estimate of drug-likeness (QED) is 0.572. The zero-order chi connectivity index (χ0) is 16.7. The van der Waals surface area contributed by atoms with Crippen LogP contribution in [0, 0.1) is 6.92 Å². The molecule has 0 radical (unpaired) electrons. The van der Waals surface area contributed by atoms with Crippen molar-refractivity contribution in [3.63, 3.8) is 0 Å². The van der Waals surface area contributed by atoms with Gasteiger partial charge in [-0.1, -0.05) is 6.07 Å². The maximum absolute atomic E-state index is 5.90. The average Bonchev–Trinajstić information content (AvgIpc) is 3.11. The molecule has 0 saturated carbocycles. The lowest BCUT2D eigenvalue weighted by molar-refractivity contribution is 0.625. The zero-order valence-electron chi connectivity index (χ0n) is 13.3. The van der Waals surface area contributed by atoms with E-state index in [9.17, 15) is 0 Å². The number of hydrogen-bond donors (Lipinski definition) is 1. The minimum absolute atomic E-state index is 0.202. The van der Waals surface area contributed by atoms with E-state index in [1.54, 1.807) is 0 Å². The van der Waals surface area contributed by atoms with Gasteiger partial charge in [-0.05, 0) is 55.2 Å². The van der Waals surface area contributed by atoms with Gasteiger partial charge in [0.05, 0.1) is 5.69 Å². The molecule has 4 rings (SSSR count). The lowest BCUT2D eigenvalue weighted by Gasteiger charge is -2.01. The summed E-state index contributed by atoms with van der Waals surface area (Å²) < 4.78 is 7.50. The van der Waals surface area contributed by atoms with Crippen molar-refractivity contribution in [3.05, 3.63) is 59.0 Å². The number of oxazole rings is 1. The summed E-state index contributed by atoms with van der Waals surface area (Å²) in [4.78, 5) is 8.87. The Balaban J connectivity index is 1.60. The first kappa shape index (κ1) is 15.0. The number of pyridine rings is 1. The summed E-state index contributed by atoms with van der Waals surface area (Å²) in [6, 6.07) is 10.3. The van der Waals surface area contributed by atoms with Gasteiger partial charge in [-0.3, -0.25) is 0 Å². The van der Waals surface area contributed by atoms with Crippen LogP contribution in [0.4, 0.5) is 6.01 Å². The van der Waals surface area contributed by atoms with E-state index in [-0.39, 0.29) is 6.01 Å². The molecule has 0 aliphatic rings. The van der Waals surface area contributed by atoms with E-state index in [2.05, 4.69) is 22.4 Å². The number of rotatable bonds is 4. The van der Waals surface area contributed by atoms with E-state index in [1.807, 2.05) is 30.5 Å². The number of aryl methyl sites for hydroxylation is 3. The summed E-state index contributed by atoms with van der Waals surface area (Å²) in [6.45, 7) is 2.09. The summed E-state index contributed by atoms with van der Waals surface area (Å²) >= 11 is 5.90. The molecule has 3 aromatic heterocycles. The van der Waals surface area contributed by atoms with Crippen molar-refractivity contribution in [3.8, 4) is 0 Å². The van der Waals surface area contributed by atoms with Crippen LogP contribution < -0.4 is 5.73 Å². The van der Waals surface area contributed by atoms with Gasteiger partial charge in [-0.15, -0.1) is 11.6 Å². The van der Waals surface area contributed by atoms with Crippen LogP contribution in [-0.2, 0) is 18.7 Å². The Bertz CT molecular complexity index is 1030. The fourth-order valence-electron chi connectivity index (χ4n) is 2.98. The molecule has 0 atom stereocenters. The summed E-state index contributed by atoms with van der Waals surface area (Å²) in [5.41, 5.74) is 12.6. The number of fused-ring (bicyclic) bond motifs is 2. The lowest BCUT2D eigenvalue weighted by atomic mass is 10.1. The minimum atomic E-state index is 0.202. The fourth-order valence-corrected chi connectivity index (χ4v) is 3.15. The molecule has 24 heavy (non-hydrogen) atoms. The second kappa shape index (κ2) is 5.83. The number of aromatic nitrogens is 3. The van der Waals surface area contributed by atoms with Gasteiger partial charge in [-0.25, -0.2) is 4.98 Å². The van der Waals surface area contributed by atoms with Gasteiger partial charge in [-0.2, -0.15) is 4.98 Å². The molecule has 2 N–H and O–H groups in total. The van der Waals surface area contributed by atoms with Gasteiger partial charge in [0, 0.05) is 17.8 Å². The Kier molecular flexibility index (Phi) is 3.65. The van der Waals surface area contributed by atoms with Crippen LogP contribution in [0.3, 0.4) is 0 Å². The summed E-state index contributed by atoms with van der Waals surface area (Å²) in [7, 11) is 0. The van der Waals surface area contributed by atoms with Crippen molar-refractivity contribution in [2.75, 3.05) is 5.73 Å². The predicted molar refractivity (Wildman–Crippen MR) is 95.3 cm³/mol. The first-order valence-corrected chi connectivity index (χ1v) is 8.35. The monoisotopic (exact) mass is 340 g/mol. The van der Waals surface area contributed by atoms with Crippen molar-refractivity contribution >= 4 is 34.4 Å². The number of nitrogens with zero attached hydrogens (tertiary/aromatic N) is 3. The van der Waals surface area contributed by atoms with Crippen molar-refractivity contribution in [2.45, 2.75) is 25.6 Å². The molecule has 0 fully saturated rings. The Morgan fingerprint density at radius 3 is 2.83 bits per heavy atom. The molecule has 0 unspecified atom stereocenters. The van der Waals surface area contributed by atoms with Gasteiger partial charge in [0.25, 0.3) is 6.01 Å². The van der Waals surface area contributed by atoms with Crippen LogP contribution in [0.25, 0.3) is 16.7 Å². The zero-order valence-corrected chi connectivity index (χ0v) is 14.0. The second-order valence-electron chi connectivity index (χ2n) is 5.89. The topological polar surface area (TPSA) is 69.3 Å². The maximum atomic E-state index is 5.90. The number of anilines is 1. The molecule has 4 aromatic rings. The molecule has 0 saturated heterocycles. The largest absolute Gasteiger partial charge is 0.424 e. The Labute approximate surface area is 144 Å². The Morgan fingerprint density at radius 1 is 1.12 bits per heavy atom. The third-order valence-electron chi connectivity index (χ3n) is 4.30. The first-order valence-electron chi connectivity index (χ1n) is 7.81. The molecule has 5 nitrogen and oxygen atoms in total.